The predicted octanol–water partition coefficient (Wildman–Crippen LogP) is 4.77. The van der Waals surface area contributed by atoms with Crippen LogP contribution in [0.25, 0.3) is 11.0 Å². The fraction of sp³-hybridized carbons (Fsp3) is 0.348. The molecule has 5 nitrogen and oxygen atoms in total. The first-order valence-electron chi connectivity index (χ1n) is 9.95. The molecule has 0 bridgehead atoms. The minimum Gasteiger partial charge on any atom is -0.348 e. The number of imidazole rings is 1. The Kier molecular flexibility index (Phi) is 6.16. The summed E-state index contributed by atoms with van der Waals surface area (Å²) in [5, 5.41) is 12.5. The lowest BCUT2D eigenvalue weighted by Gasteiger charge is -2.24. The molecule has 0 unspecified atom stereocenters. The monoisotopic (exact) mass is 410 g/mol. The Labute approximate surface area is 174 Å². The van der Waals surface area contributed by atoms with Crippen molar-refractivity contribution in [1.29, 1.82) is 5.26 Å². The number of aromatic nitrogens is 2. The summed E-state index contributed by atoms with van der Waals surface area (Å²) in [6, 6.07) is 12.2. The topological polar surface area (TPSA) is 70.7 Å². The molecule has 0 aliphatic heterocycles. The lowest BCUT2D eigenvalue weighted by molar-refractivity contribution is -0.122. The van der Waals surface area contributed by atoms with Crippen LogP contribution >= 0.6 is 0 Å². The van der Waals surface area contributed by atoms with Crippen LogP contribution in [0.2, 0.25) is 0 Å². The quantitative estimate of drug-likeness (QED) is 0.610. The molecule has 3 aromatic rings. The van der Waals surface area contributed by atoms with Crippen molar-refractivity contribution in [3.05, 3.63) is 65.5 Å². The van der Waals surface area contributed by atoms with E-state index in [4.69, 9.17) is 0 Å². The maximum atomic E-state index is 14.1. The molecule has 3 rings (SSSR count). The molecule has 0 aliphatic rings. The molecule has 0 saturated carbocycles. The van der Waals surface area contributed by atoms with E-state index in [1.165, 1.54) is 17.0 Å². The van der Waals surface area contributed by atoms with E-state index in [9.17, 15) is 18.8 Å². The second kappa shape index (κ2) is 8.62. The number of nitrogens with one attached hydrogen (secondary N) is 1. The van der Waals surface area contributed by atoms with Crippen molar-refractivity contribution in [3.63, 3.8) is 0 Å². The molecule has 30 heavy (non-hydrogen) atoms. The molecule has 1 atom stereocenters. The average Bonchev–Trinajstić information content (AvgIpc) is 3.16. The lowest BCUT2D eigenvalue weighted by Crippen LogP contribution is -2.30. The Balaban J connectivity index is 1.72. The van der Waals surface area contributed by atoms with Crippen LogP contribution in [-0.4, -0.2) is 15.5 Å². The summed E-state index contributed by atoms with van der Waals surface area (Å²) < 4.78 is 28.9. The Hall–Kier alpha value is -3.27. The average molecular weight is 410 g/mol. The zero-order valence-corrected chi connectivity index (χ0v) is 17.2. The van der Waals surface area contributed by atoms with Crippen LogP contribution in [0.1, 0.15) is 50.8 Å². The summed E-state index contributed by atoms with van der Waals surface area (Å²) in [5.41, 5.74) is 1.60. The number of amides is 1. The van der Waals surface area contributed by atoms with Crippen LogP contribution in [0.4, 0.5) is 8.78 Å². The molecular weight excluding hydrogens is 386 g/mol. The third-order valence-corrected chi connectivity index (χ3v) is 5.75. The van der Waals surface area contributed by atoms with Gasteiger partial charge in [-0.25, -0.2) is 13.8 Å². The SMILES string of the molecule is CCC(C#N)(CC)c1ccc([C@@H](C)NC(=O)Cn2cnc3ccc(F)c(F)c32)cc1. The van der Waals surface area contributed by atoms with Gasteiger partial charge >= 0.3 is 0 Å². The van der Waals surface area contributed by atoms with Crippen molar-refractivity contribution in [2.45, 2.75) is 51.6 Å². The zero-order chi connectivity index (χ0) is 21.9. The van der Waals surface area contributed by atoms with Gasteiger partial charge in [0, 0.05) is 0 Å². The highest BCUT2D eigenvalue weighted by Gasteiger charge is 2.28. The maximum absolute atomic E-state index is 14.1. The second-order valence-corrected chi connectivity index (χ2v) is 7.41. The first kappa shape index (κ1) is 21.4. The fourth-order valence-corrected chi connectivity index (χ4v) is 3.71. The van der Waals surface area contributed by atoms with Gasteiger partial charge in [-0.1, -0.05) is 38.1 Å². The summed E-state index contributed by atoms with van der Waals surface area (Å²) in [4.78, 5) is 16.5. The molecule has 7 heteroatoms. The standard InChI is InChI=1S/C23H24F2N4O/c1-4-23(5-2,13-26)17-8-6-16(7-9-17)15(3)28-20(30)12-29-14-27-19-11-10-18(24)21(25)22(19)29/h6-11,14-15H,4-5,12H2,1-3H3,(H,28,30)/t15-/m1/s1. The van der Waals surface area contributed by atoms with E-state index in [0.717, 1.165) is 30.0 Å². The van der Waals surface area contributed by atoms with Gasteiger partial charge in [-0.05, 0) is 43.0 Å². The zero-order valence-electron chi connectivity index (χ0n) is 17.2. The summed E-state index contributed by atoms with van der Waals surface area (Å²) in [6.45, 7) is 5.66. The van der Waals surface area contributed by atoms with Gasteiger partial charge in [-0.2, -0.15) is 5.26 Å². The third kappa shape index (κ3) is 3.90. The number of rotatable bonds is 7. The molecule has 156 valence electrons. The van der Waals surface area contributed by atoms with Gasteiger partial charge in [0.1, 0.15) is 12.1 Å². The highest BCUT2D eigenvalue weighted by atomic mass is 19.2. The Morgan fingerprint density at radius 2 is 1.87 bits per heavy atom. The van der Waals surface area contributed by atoms with Crippen LogP contribution in [0, 0.1) is 23.0 Å². The number of benzene rings is 2. The van der Waals surface area contributed by atoms with Crippen molar-refractivity contribution in [3.8, 4) is 6.07 Å². The number of fused-ring (bicyclic) bond motifs is 1. The second-order valence-electron chi connectivity index (χ2n) is 7.41. The minimum absolute atomic E-state index is 0.0332. The van der Waals surface area contributed by atoms with Crippen molar-refractivity contribution in [1.82, 2.24) is 14.9 Å². The van der Waals surface area contributed by atoms with Gasteiger partial charge in [-0.15, -0.1) is 0 Å². The molecule has 1 N–H and O–H groups in total. The largest absolute Gasteiger partial charge is 0.348 e. The van der Waals surface area contributed by atoms with Gasteiger partial charge in [0.05, 0.1) is 29.4 Å². The van der Waals surface area contributed by atoms with Crippen LogP contribution in [-0.2, 0) is 16.8 Å². The van der Waals surface area contributed by atoms with Crippen molar-refractivity contribution in [2.75, 3.05) is 0 Å². The highest BCUT2D eigenvalue weighted by molar-refractivity contribution is 5.81. The lowest BCUT2D eigenvalue weighted by atomic mass is 9.77. The molecule has 1 aromatic heterocycles. The van der Waals surface area contributed by atoms with E-state index in [0.29, 0.717) is 0 Å². The van der Waals surface area contributed by atoms with Gasteiger partial charge in [-0.3, -0.25) is 4.79 Å². The molecule has 0 saturated heterocycles. The van der Waals surface area contributed by atoms with Crippen molar-refractivity contribution >= 4 is 16.9 Å². The van der Waals surface area contributed by atoms with Crippen molar-refractivity contribution < 1.29 is 13.6 Å². The first-order valence-corrected chi connectivity index (χ1v) is 9.95. The van der Waals surface area contributed by atoms with E-state index in [2.05, 4.69) is 16.4 Å². The van der Waals surface area contributed by atoms with E-state index in [-0.39, 0.29) is 29.5 Å². The summed E-state index contributed by atoms with van der Waals surface area (Å²) in [6.07, 6.45) is 2.77. The molecule has 0 radical (unpaired) electrons. The van der Waals surface area contributed by atoms with Gasteiger partial charge in [0.2, 0.25) is 5.91 Å². The Bertz CT molecular complexity index is 1090. The first-order chi connectivity index (χ1) is 14.3. The number of carbonyl (C=O) groups excluding carboxylic acids is 1. The number of carbonyl (C=O) groups is 1. The molecule has 0 fully saturated rings. The Morgan fingerprint density at radius 3 is 2.47 bits per heavy atom. The van der Waals surface area contributed by atoms with E-state index >= 15 is 0 Å². The number of hydrogen-bond acceptors (Lipinski definition) is 3. The molecule has 2 aromatic carbocycles. The fourth-order valence-electron chi connectivity index (χ4n) is 3.71. The highest BCUT2D eigenvalue weighted by Crippen LogP contribution is 2.31. The van der Waals surface area contributed by atoms with Gasteiger partial charge in [0.25, 0.3) is 0 Å². The Morgan fingerprint density at radius 1 is 1.20 bits per heavy atom. The van der Waals surface area contributed by atoms with Gasteiger partial charge < -0.3 is 9.88 Å². The summed E-state index contributed by atoms with van der Waals surface area (Å²) in [5.74, 6) is -2.34. The number of nitriles is 1. The van der Waals surface area contributed by atoms with Crippen LogP contribution in [0.3, 0.4) is 0 Å². The minimum atomic E-state index is -1.02. The molecule has 1 heterocycles. The smallest absolute Gasteiger partial charge is 0.240 e. The van der Waals surface area contributed by atoms with Crippen LogP contribution in [0.15, 0.2) is 42.7 Å². The van der Waals surface area contributed by atoms with E-state index < -0.39 is 17.0 Å². The molecular formula is C23H24F2N4O. The van der Waals surface area contributed by atoms with Gasteiger partial charge in [0.15, 0.2) is 11.6 Å². The van der Waals surface area contributed by atoms with Crippen LogP contribution < -0.4 is 5.32 Å². The molecule has 0 spiro atoms. The van der Waals surface area contributed by atoms with E-state index in [1.807, 2.05) is 45.0 Å². The number of hydrogen-bond donors (Lipinski definition) is 1. The van der Waals surface area contributed by atoms with Crippen LogP contribution in [0.5, 0.6) is 0 Å². The van der Waals surface area contributed by atoms with Crippen molar-refractivity contribution in [2.24, 2.45) is 0 Å². The van der Waals surface area contributed by atoms with E-state index in [1.54, 1.807) is 0 Å². The predicted molar refractivity (Wildman–Crippen MR) is 111 cm³/mol. The normalized spacial score (nSPS) is 12.5. The summed E-state index contributed by atoms with van der Waals surface area (Å²) in [7, 11) is 0. The number of nitrogens with zero attached hydrogens (tertiary/aromatic N) is 3. The molecule has 1 amide bonds. The number of halogens is 2. The third-order valence-electron chi connectivity index (χ3n) is 5.75. The summed E-state index contributed by atoms with van der Waals surface area (Å²) >= 11 is 0. The molecule has 0 aliphatic carbocycles. The maximum Gasteiger partial charge on any atom is 0.240 e.